The molecular formula is C24H35N3O6. The van der Waals surface area contributed by atoms with Crippen molar-refractivity contribution < 1.29 is 28.9 Å². The van der Waals surface area contributed by atoms with Gasteiger partial charge < -0.3 is 34.4 Å². The average Bonchev–Trinajstić information content (AvgIpc) is 2.83. The number of β-amino-alcohol motifs (C(OH)–C–C–N with tert-alkyl or cyclic N) is 1. The zero-order valence-electron chi connectivity index (χ0n) is 19.3. The number of hydrogen-bond acceptors (Lipinski definition) is 6. The van der Waals surface area contributed by atoms with Gasteiger partial charge in [-0.25, -0.2) is 4.79 Å². The number of rotatable bonds is 4. The lowest BCUT2D eigenvalue weighted by Crippen LogP contribution is -2.58. The van der Waals surface area contributed by atoms with Crippen molar-refractivity contribution in [2.75, 3.05) is 45.3 Å². The van der Waals surface area contributed by atoms with Gasteiger partial charge in [0, 0.05) is 18.8 Å². The van der Waals surface area contributed by atoms with Gasteiger partial charge >= 0.3 is 6.03 Å². The van der Waals surface area contributed by atoms with E-state index in [1.807, 2.05) is 4.90 Å². The fraction of sp³-hybridized carbons (Fsp3) is 0.667. The van der Waals surface area contributed by atoms with E-state index in [-0.39, 0.29) is 49.9 Å². The van der Waals surface area contributed by atoms with E-state index >= 15 is 0 Å². The largest absolute Gasteiger partial charge is 0.497 e. The molecule has 9 heteroatoms. The number of carbonyl (C=O) groups excluding carboxylic acids is 2. The van der Waals surface area contributed by atoms with Crippen molar-refractivity contribution in [3.8, 4) is 5.75 Å². The number of hydrogen-bond donors (Lipinski definition) is 2. The molecule has 33 heavy (non-hydrogen) atoms. The number of likely N-dealkylation sites (tertiary alicyclic amines) is 1. The molecule has 9 nitrogen and oxygen atoms in total. The van der Waals surface area contributed by atoms with Crippen molar-refractivity contribution in [2.24, 2.45) is 0 Å². The number of aliphatic hydroxyl groups excluding tert-OH is 1. The van der Waals surface area contributed by atoms with Gasteiger partial charge in [0.15, 0.2) is 0 Å². The number of benzene rings is 1. The first-order valence-corrected chi connectivity index (χ1v) is 11.9. The third kappa shape index (κ3) is 6.16. The maximum Gasteiger partial charge on any atom is 0.322 e. The normalized spacial score (nSPS) is 28.3. The van der Waals surface area contributed by atoms with Gasteiger partial charge in [-0.3, -0.25) is 4.79 Å². The van der Waals surface area contributed by atoms with Crippen molar-refractivity contribution >= 4 is 17.6 Å². The van der Waals surface area contributed by atoms with Crippen molar-refractivity contribution in [3.63, 3.8) is 0 Å². The molecule has 2 N–H and O–H groups in total. The van der Waals surface area contributed by atoms with E-state index in [9.17, 15) is 14.7 Å². The molecule has 3 aliphatic heterocycles. The Morgan fingerprint density at radius 3 is 2.61 bits per heavy atom. The Morgan fingerprint density at radius 1 is 1.12 bits per heavy atom. The summed E-state index contributed by atoms with van der Waals surface area (Å²) in [6.07, 6.45) is 3.76. The number of amides is 3. The Bertz CT molecular complexity index is 798. The van der Waals surface area contributed by atoms with Crippen molar-refractivity contribution in [2.45, 2.75) is 62.9 Å². The van der Waals surface area contributed by atoms with Gasteiger partial charge in [0.2, 0.25) is 5.91 Å². The van der Waals surface area contributed by atoms with E-state index < -0.39 is 6.10 Å². The molecular weight excluding hydrogens is 426 g/mol. The van der Waals surface area contributed by atoms with Crippen LogP contribution in [0, 0.1) is 0 Å². The molecule has 4 atom stereocenters. The summed E-state index contributed by atoms with van der Waals surface area (Å²) < 4.78 is 17.1. The number of piperidine rings is 1. The first-order chi connectivity index (χ1) is 16.0. The van der Waals surface area contributed by atoms with Gasteiger partial charge in [0.05, 0.1) is 51.5 Å². The van der Waals surface area contributed by atoms with Crippen LogP contribution in [0.1, 0.15) is 38.5 Å². The molecule has 1 aromatic carbocycles. The Morgan fingerprint density at radius 2 is 1.88 bits per heavy atom. The summed E-state index contributed by atoms with van der Waals surface area (Å²) in [4.78, 5) is 29.5. The first-order valence-electron chi connectivity index (χ1n) is 11.9. The summed E-state index contributed by atoms with van der Waals surface area (Å²) in [5.41, 5.74) is 0.645. The van der Waals surface area contributed by atoms with E-state index in [4.69, 9.17) is 14.2 Å². The van der Waals surface area contributed by atoms with Crippen molar-refractivity contribution in [1.29, 1.82) is 0 Å². The van der Waals surface area contributed by atoms with E-state index in [0.717, 1.165) is 25.9 Å². The van der Waals surface area contributed by atoms with Crippen LogP contribution in [-0.2, 0) is 14.3 Å². The van der Waals surface area contributed by atoms with Crippen LogP contribution in [0.5, 0.6) is 5.75 Å². The second-order valence-corrected chi connectivity index (χ2v) is 9.09. The Balaban J connectivity index is 1.40. The first kappa shape index (κ1) is 23.8. The predicted octanol–water partition coefficient (Wildman–Crippen LogP) is 2.24. The minimum atomic E-state index is -0.772. The van der Waals surface area contributed by atoms with E-state index in [0.29, 0.717) is 30.7 Å². The number of fused-ring (bicyclic) bond motifs is 1. The minimum absolute atomic E-state index is 0.135. The number of methoxy groups -OCH3 is 1. The summed E-state index contributed by atoms with van der Waals surface area (Å²) >= 11 is 0. The Kier molecular flexibility index (Phi) is 8.06. The zero-order valence-corrected chi connectivity index (χ0v) is 19.3. The number of ether oxygens (including phenoxy) is 3. The summed E-state index contributed by atoms with van der Waals surface area (Å²) in [5.74, 6) is 0.854. The van der Waals surface area contributed by atoms with Crippen LogP contribution >= 0.6 is 0 Å². The lowest BCUT2D eigenvalue weighted by atomic mass is 9.94. The summed E-state index contributed by atoms with van der Waals surface area (Å²) in [6, 6.07) is 6.58. The van der Waals surface area contributed by atoms with Gasteiger partial charge in [0.25, 0.3) is 0 Å². The van der Waals surface area contributed by atoms with E-state index in [1.54, 1.807) is 36.3 Å². The number of aliphatic hydroxyl groups is 1. The third-order valence-corrected chi connectivity index (χ3v) is 6.69. The minimum Gasteiger partial charge on any atom is -0.497 e. The standard InChI is InChI=1S/C24H35N3O6/c1-31-19-7-5-17(6-8-19)25-24(30)27-14-18(28)15-32-16-22-21(27)10-9-20(33-22)13-23(29)26-11-3-2-4-12-26/h5-8,18,20-22,28H,2-4,9-16H2,1H3,(H,25,30)/t18-,20-,21-,22+/m0/s1. The number of anilines is 1. The molecule has 0 radical (unpaired) electrons. The van der Waals surface area contributed by atoms with Gasteiger partial charge in [0.1, 0.15) is 11.9 Å². The topological polar surface area (TPSA) is 101 Å². The number of urea groups is 1. The van der Waals surface area contributed by atoms with Gasteiger partial charge in [-0.15, -0.1) is 0 Å². The highest BCUT2D eigenvalue weighted by Crippen LogP contribution is 2.29. The van der Waals surface area contributed by atoms with Gasteiger partial charge in [-0.2, -0.15) is 0 Å². The molecule has 0 unspecified atom stereocenters. The molecule has 0 aromatic heterocycles. The molecule has 0 saturated carbocycles. The third-order valence-electron chi connectivity index (χ3n) is 6.69. The fourth-order valence-corrected chi connectivity index (χ4v) is 4.91. The van der Waals surface area contributed by atoms with Crippen LogP contribution < -0.4 is 10.1 Å². The van der Waals surface area contributed by atoms with E-state index in [2.05, 4.69) is 5.32 Å². The van der Waals surface area contributed by atoms with Crippen molar-refractivity contribution in [3.05, 3.63) is 24.3 Å². The highest BCUT2D eigenvalue weighted by Gasteiger charge is 2.40. The van der Waals surface area contributed by atoms with Gasteiger partial charge in [-0.1, -0.05) is 0 Å². The fourth-order valence-electron chi connectivity index (χ4n) is 4.91. The molecule has 0 aliphatic carbocycles. The maximum atomic E-state index is 13.2. The molecule has 3 amide bonds. The monoisotopic (exact) mass is 461 g/mol. The van der Waals surface area contributed by atoms with Crippen LogP contribution in [0.25, 0.3) is 0 Å². The Hall–Kier alpha value is -2.36. The van der Waals surface area contributed by atoms with Crippen LogP contribution in [0.2, 0.25) is 0 Å². The quantitative estimate of drug-likeness (QED) is 0.713. The number of nitrogens with one attached hydrogen (secondary N) is 1. The van der Waals surface area contributed by atoms with Crippen LogP contribution in [0.15, 0.2) is 24.3 Å². The molecule has 0 spiro atoms. The number of carbonyl (C=O) groups is 2. The lowest BCUT2D eigenvalue weighted by Gasteiger charge is -2.44. The lowest BCUT2D eigenvalue weighted by molar-refractivity contribution is -0.154. The second-order valence-electron chi connectivity index (χ2n) is 9.09. The average molecular weight is 462 g/mol. The predicted molar refractivity (Wildman–Crippen MR) is 122 cm³/mol. The molecule has 0 bridgehead atoms. The van der Waals surface area contributed by atoms with E-state index in [1.165, 1.54) is 6.42 Å². The summed E-state index contributed by atoms with van der Waals surface area (Å²) in [5, 5.41) is 13.2. The van der Waals surface area contributed by atoms with Gasteiger partial charge in [-0.05, 0) is 56.4 Å². The molecule has 3 fully saturated rings. The maximum absolute atomic E-state index is 13.2. The highest BCUT2D eigenvalue weighted by molar-refractivity contribution is 5.89. The SMILES string of the molecule is COc1ccc(NC(=O)N2C[C@H](O)COC[C@H]3O[C@H](CC(=O)N4CCCCC4)CC[C@@H]32)cc1. The smallest absolute Gasteiger partial charge is 0.322 e. The van der Waals surface area contributed by atoms with Crippen LogP contribution in [0.3, 0.4) is 0 Å². The summed E-state index contributed by atoms with van der Waals surface area (Å²) in [6.45, 7) is 2.23. The zero-order chi connectivity index (χ0) is 23.2. The van der Waals surface area contributed by atoms with Crippen molar-refractivity contribution in [1.82, 2.24) is 9.80 Å². The highest BCUT2D eigenvalue weighted by atomic mass is 16.5. The Labute approximate surface area is 195 Å². The van der Waals surface area contributed by atoms with Crippen LogP contribution in [0.4, 0.5) is 10.5 Å². The molecule has 4 rings (SSSR count). The molecule has 3 aliphatic rings. The molecule has 3 heterocycles. The summed E-state index contributed by atoms with van der Waals surface area (Å²) in [7, 11) is 1.59. The number of nitrogens with zero attached hydrogens (tertiary/aromatic N) is 2. The molecule has 1 aromatic rings. The molecule has 3 saturated heterocycles. The second kappa shape index (κ2) is 11.2. The van der Waals surface area contributed by atoms with Crippen LogP contribution in [-0.4, -0.2) is 91.2 Å². The molecule has 182 valence electrons.